The van der Waals surface area contributed by atoms with E-state index >= 15 is 0 Å². The Bertz CT molecular complexity index is 744. The summed E-state index contributed by atoms with van der Waals surface area (Å²) in [4.78, 5) is 18.4. The number of aromatic nitrogens is 3. The summed E-state index contributed by atoms with van der Waals surface area (Å²) >= 11 is 0. The maximum absolute atomic E-state index is 13.8. The van der Waals surface area contributed by atoms with Gasteiger partial charge in [0, 0.05) is 19.2 Å². The molecule has 1 fully saturated rings. The predicted octanol–water partition coefficient (Wildman–Crippen LogP) is 2.65. The Morgan fingerprint density at radius 3 is 2.74 bits per heavy atom. The number of nitrogens with zero attached hydrogens (tertiary/aromatic N) is 4. The minimum atomic E-state index is -0.829. The molecule has 2 heterocycles. The molecule has 2 aromatic rings. The molecule has 7 heteroatoms. The molecule has 0 aliphatic carbocycles. The summed E-state index contributed by atoms with van der Waals surface area (Å²) in [5, 5.41) is 4.37. The molecule has 1 aromatic carbocycles. The van der Waals surface area contributed by atoms with Crippen LogP contribution in [0.2, 0.25) is 0 Å². The van der Waals surface area contributed by atoms with Gasteiger partial charge in [-0.25, -0.2) is 18.4 Å². The van der Waals surface area contributed by atoms with Gasteiger partial charge in [-0.1, -0.05) is 0 Å². The Labute approximate surface area is 132 Å². The van der Waals surface area contributed by atoms with Crippen molar-refractivity contribution >= 4 is 5.91 Å². The highest BCUT2D eigenvalue weighted by atomic mass is 19.1. The molecule has 0 saturated carbocycles. The van der Waals surface area contributed by atoms with Gasteiger partial charge < -0.3 is 4.90 Å². The quantitative estimate of drug-likeness (QED) is 0.855. The monoisotopic (exact) mass is 320 g/mol. The van der Waals surface area contributed by atoms with E-state index in [0.29, 0.717) is 18.9 Å². The standard InChI is InChI=1S/C16H18F2N4O/c1-10-19-11(2)22(20-10)13-4-3-7-21(9-13)16(23)14-6-5-12(17)8-15(14)18/h5-6,8,13H,3-4,7,9H2,1-2H3/t13-/m0/s1. The van der Waals surface area contributed by atoms with Crippen LogP contribution in [0.3, 0.4) is 0 Å². The summed E-state index contributed by atoms with van der Waals surface area (Å²) in [7, 11) is 0. The second-order valence-electron chi connectivity index (χ2n) is 5.82. The Balaban J connectivity index is 1.80. The molecule has 1 saturated heterocycles. The number of hydrogen-bond donors (Lipinski definition) is 0. The first kappa shape index (κ1) is 15.6. The number of amides is 1. The zero-order valence-electron chi connectivity index (χ0n) is 13.1. The average molecular weight is 320 g/mol. The van der Waals surface area contributed by atoms with Gasteiger partial charge in [0.2, 0.25) is 0 Å². The van der Waals surface area contributed by atoms with Crippen molar-refractivity contribution in [1.82, 2.24) is 19.7 Å². The van der Waals surface area contributed by atoms with Crippen molar-refractivity contribution < 1.29 is 13.6 Å². The number of carbonyl (C=O) groups is 1. The van der Waals surface area contributed by atoms with Crippen LogP contribution in [0.15, 0.2) is 18.2 Å². The summed E-state index contributed by atoms with van der Waals surface area (Å²) < 4.78 is 28.7. The Morgan fingerprint density at radius 1 is 1.30 bits per heavy atom. The van der Waals surface area contributed by atoms with Crippen molar-refractivity contribution in [2.45, 2.75) is 32.7 Å². The van der Waals surface area contributed by atoms with E-state index in [2.05, 4.69) is 10.1 Å². The van der Waals surface area contributed by atoms with Crippen molar-refractivity contribution in [3.63, 3.8) is 0 Å². The van der Waals surface area contributed by atoms with Gasteiger partial charge in [0.1, 0.15) is 23.3 Å². The van der Waals surface area contributed by atoms with E-state index in [-0.39, 0.29) is 11.6 Å². The minimum absolute atomic E-state index is 0.0254. The lowest BCUT2D eigenvalue weighted by molar-refractivity contribution is 0.0666. The molecule has 0 radical (unpaired) electrons. The van der Waals surface area contributed by atoms with Crippen molar-refractivity contribution in [3.05, 3.63) is 47.0 Å². The lowest BCUT2D eigenvalue weighted by Gasteiger charge is -2.33. The first-order valence-electron chi connectivity index (χ1n) is 7.60. The van der Waals surface area contributed by atoms with E-state index in [4.69, 9.17) is 0 Å². The molecule has 0 spiro atoms. The van der Waals surface area contributed by atoms with Crippen LogP contribution in [0, 0.1) is 25.5 Å². The van der Waals surface area contributed by atoms with Crippen LogP contribution in [0.25, 0.3) is 0 Å². The minimum Gasteiger partial charge on any atom is -0.336 e. The van der Waals surface area contributed by atoms with Crippen LogP contribution in [0.5, 0.6) is 0 Å². The van der Waals surface area contributed by atoms with E-state index in [1.807, 2.05) is 18.5 Å². The highest BCUT2D eigenvalue weighted by Gasteiger charge is 2.28. The van der Waals surface area contributed by atoms with Crippen LogP contribution in [0.1, 0.15) is 40.9 Å². The number of hydrogen-bond acceptors (Lipinski definition) is 3. The van der Waals surface area contributed by atoms with Crippen molar-refractivity contribution in [3.8, 4) is 0 Å². The number of halogens is 2. The summed E-state index contributed by atoms with van der Waals surface area (Å²) in [6.07, 6.45) is 1.69. The average Bonchev–Trinajstić information content (AvgIpc) is 2.85. The molecule has 5 nitrogen and oxygen atoms in total. The van der Waals surface area contributed by atoms with Gasteiger partial charge in [0.05, 0.1) is 11.6 Å². The molecular formula is C16H18F2N4O. The molecule has 1 amide bonds. The number of carbonyl (C=O) groups excluding carboxylic acids is 1. The summed E-state index contributed by atoms with van der Waals surface area (Å²) in [5.41, 5.74) is -0.0986. The fourth-order valence-corrected chi connectivity index (χ4v) is 3.05. The van der Waals surface area contributed by atoms with Gasteiger partial charge >= 0.3 is 0 Å². The van der Waals surface area contributed by atoms with Crippen LogP contribution >= 0.6 is 0 Å². The Morgan fingerprint density at radius 2 is 2.09 bits per heavy atom. The van der Waals surface area contributed by atoms with Gasteiger partial charge in [0.25, 0.3) is 5.91 Å². The molecule has 1 aliphatic heterocycles. The van der Waals surface area contributed by atoms with E-state index in [1.54, 1.807) is 4.90 Å². The number of aryl methyl sites for hydroxylation is 2. The molecule has 0 N–H and O–H groups in total. The summed E-state index contributed by atoms with van der Waals surface area (Å²) in [6.45, 7) is 4.70. The van der Waals surface area contributed by atoms with E-state index in [0.717, 1.165) is 30.8 Å². The third kappa shape index (κ3) is 3.09. The Hall–Kier alpha value is -2.31. The van der Waals surface area contributed by atoms with Crippen LogP contribution in [-0.4, -0.2) is 38.7 Å². The van der Waals surface area contributed by atoms with Gasteiger partial charge in [-0.15, -0.1) is 0 Å². The molecule has 122 valence electrons. The fourth-order valence-electron chi connectivity index (χ4n) is 3.05. The molecular weight excluding hydrogens is 302 g/mol. The van der Waals surface area contributed by atoms with E-state index in [1.165, 1.54) is 6.07 Å². The van der Waals surface area contributed by atoms with Crippen LogP contribution < -0.4 is 0 Å². The van der Waals surface area contributed by atoms with Crippen LogP contribution in [-0.2, 0) is 0 Å². The highest BCUT2D eigenvalue weighted by molar-refractivity contribution is 5.94. The number of rotatable bonds is 2. The number of benzene rings is 1. The zero-order chi connectivity index (χ0) is 16.6. The van der Waals surface area contributed by atoms with Crippen molar-refractivity contribution in [2.75, 3.05) is 13.1 Å². The number of piperidine rings is 1. The Kier molecular flexibility index (Phi) is 4.11. The SMILES string of the molecule is Cc1nc(C)n([C@H]2CCCN(C(=O)c3ccc(F)cc3F)C2)n1. The maximum Gasteiger partial charge on any atom is 0.256 e. The molecule has 1 aliphatic rings. The first-order chi connectivity index (χ1) is 11.0. The molecule has 23 heavy (non-hydrogen) atoms. The highest BCUT2D eigenvalue weighted by Crippen LogP contribution is 2.24. The smallest absolute Gasteiger partial charge is 0.256 e. The number of likely N-dealkylation sites (tertiary alicyclic amines) is 1. The molecule has 1 aromatic heterocycles. The molecule has 0 unspecified atom stereocenters. The van der Waals surface area contributed by atoms with Crippen molar-refractivity contribution in [1.29, 1.82) is 0 Å². The summed E-state index contributed by atoms with van der Waals surface area (Å²) in [6, 6.07) is 3.06. The van der Waals surface area contributed by atoms with E-state index < -0.39 is 17.5 Å². The first-order valence-corrected chi connectivity index (χ1v) is 7.60. The van der Waals surface area contributed by atoms with Gasteiger partial charge in [0.15, 0.2) is 0 Å². The third-order valence-corrected chi connectivity index (χ3v) is 4.10. The third-order valence-electron chi connectivity index (χ3n) is 4.10. The largest absolute Gasteiger partial charge is 0.336 e. The normalized spacial score (nSPS) is 18.3. The zero-order valence-corrected chi connectivity index (χ0v) is 13.1. The molecule has 0 bridgehead atoms. The maximum atomic E-state index is 13.8. The van der Waals surface area contributed by atoms with Crippen molar-refractivity contribution in [2.24, 2.45) is 0 Å². The molecule has 3 rings (SSSR count). The van der Waals surface area contributed by atoms with E-state index in [9.17, 15) is 13.6 Å². The second kappa shape index (κ2) is 6.06. The van der Waals surface area contributed by atoms with Gasteiger partial charge in [-0.3, -0.25) is 4.79 Å². The lowest BCUT2D eigenvalue weighted by atomic mass is 10.0. The van der Waals surface area contributed by atoms with Gasteiger partial charge in [-0.2, -0.15) is 5.10 Å². The van der Waals surface area contributed by atoms with Crippen LogP contribution in [0.4, 0.5) is 8.78 Å². The fraction of sp³-hybridized carbons (Fsp3) is 0.438. The predicted molar refractivity (Wildman–Crippen MR) is 80.0 cm³/mol. The van der Waals surface area contributed by atoms with Gasteiger partial charge in [-0.05, 0) is 38.8 Å². The summed E-state index contributed by atoms with van der Waals surface area (Å²) in [5.74, 6) is -0.443. The molecule has 1 atom stereocenters. The second-order valence-corrected chi connectivity index (χ2v) is 5.82. The lowest BCUT2D eigenvalue weighted by Crippen LogP contribution is -2.41. The topological polar surface area (TPSA) is 51.0 Å².